The topological polar surface area (TPSA) is 82.9 Å². The van der Waals surface area contributed by atoms with Gasteiger partial charge >= 0.3 is 6.18 Å². The molecule has 0 saturated carbocycles. The van der Waals surface area contributed by atoms with Gasteiger partial charge in [0.15, 0.2) is 18.1 Å². The van der Waals surface area contributed by atoms with Crippen LogP contribution in [-0.2, 0) is 11.0 Å². The van der Waals surface area contributed by atoms with E-state index in [1.807, 2.05) is 6.07 Å². The van der Waals surface area contributed by atoms with Crippen LogP contribution in [0, 0.1) is 11.3 Å². The highest BCUT2D eigenvalue weighted by Gasteiger charge is 2.31. The summed E-state index contributed by atoms with van der Waals surface area (Å²) < 4.78 is 48.6. The number of methoxy groups -OCH3 is 1. The first-order chi connectivity index (χ1) is 16.2. The molecule has 0 radical (unpaired) electrons. The summed E-state index contributed by atoms with van der Waals surface area (Å²) in [6, 6.07) is 11.0. The number of hydrogen-bond acceptors (Lipinski definition) is 5. The maximum Gasteiger partial charge on any atom is 0.416 e. The summed E-state index contributed by atoms with van der Waals surface area (Å²) in [6.45, 7) is 1.05. The number of amides is 2. The summed E-state index contributed by atoms with van der Waals surface area (Å²) >= 11 is 0. The second-order valence-electron chi connectivity index (χ2n) is 7.38. The number of rotatable bonds is 6. The molecule has 3 rings (SSSR count). The molecule has 0 aromatic heterocycles. The predicted octanol–water partition coefficient (Wildman–Crippen LogP) is 3.61. The number of nitriles is 1. The third-order valence-corrected chi connectivity index (χ3v) is 5.24. The zero-order valence-corrected chi connectivity index (χ0v) is 18.3. The van der Waals surface area contributed by atoms with Gasteiger partial charge in [0.2, 0.25) is 5.91 Å². The number of alkyl halides is 3. The molecule has 2 aromatic carbocycles. The predicted molar refractivity (Wildman–Crippen MR) is 117 cm³/mol. The van der Waals surface area contributed by atoms with Crippen molar-refractivity contribution in [1.82, 2.24) is 9.80 Å². The van der Waals surface area contributed by atoms with Crippen LogP contribution in [-0.4, -0.2) is 61.5 Å². The number of ether oxygens (including phenoxy) is 2. The van der Waals surface area contributed by atoms with E-state index in [1.54, 1.807) is 29.2 Å². The Morgan fingerprint density at radius 3 is 2.26 bits per heavy atom. The van der Waals surface area contributed by atoms with E-state index in [9.17, 15) is 22.8 Å². The minimum Gasteiger partial charge on any atom is -0.493 e. The molecule has 10 heteroatoms. The van der Waals surface area contributed by atoms with Crippen molar-refractivity contribution in [2.75, 3.05) is 39.9 Å². The first-order valence-electron chi connectivity index (χ1n) is 10.3. The lowest BCUT2D eigenvalue weighted by Gasteiger charge is -2.34. The van der Waals surface area contributed by atoms with Crippen molar-refractivity contribution < 1.29 is 32.2 Å². The van der Waals surface area contributed by atoms with E-state index in [0.717, 1.165) is 24.3 Å². The van der Waals surface area contributed by atoms with Gasteiger partial charge in [-0.1, -0.05) is 6.07 Å². The van der Waals surface area contributed by atoms with Crippen molar-refractivity contribution in [2.45, 2.75) is 6.18 Å². The first-order valence-corrected chi connectivity index (χ1v) is 10.3. The molecule has 1 saturated heterocycles. The van der Waals surface area contributed by atoms with Gasteiger partial charge in [-0.15, -0.1) is 0 Å². The lowest BCUT2D eigenvalue weighted by molar-refractivity contribution is -0.137. The molecule has 0 aliphatic carbocycles. The second kappa shape index (κ2) is 10.7. The molecule has 1 aliphatic rings. The molecule has 1 heterocycles. The number of carbonyl (C=O) groups excluding carboxylic acids is 2. The molecule has 0 spiro atoms. The van der Waals surface area contributed by atoms with E-state index in [-0.39, 0.29) is 37.1 Å². The largest absolute Gasteiger partial charge is 0.493 e. The molecule has 0 N–H and O–H groups in total. The Labute approximate surface area is 194 Å². The molecule has 7 nitrogen and oxygen atoms in total. The van der Waals surface area contributed by atoms with Gasteiger partial charge in [-0.2, -0.15) is 18.4 Å². The Kier molecular flexibility index (Phi) is 7.79. The van der Waals surface area contributed by atoms with Crippen LogP contribution in [0.5, 0.6) is 11.5 Å². The molecule has 1 fully saturated rings. The van der Waals surface area contributed by atoms with E-state index < -0.39 is 11.7 Å². The highest BCUT2D eigenvalue weighted by molar-refractivity contribution is 5.95. The van der Waals surface area contributed by atoms with Crippen molar-refractivity contribution in [1.29, 1.82) is 5.26 Å². The standard InChI is InChI=1S/C24H22F3N3O4/c1-33-21-16-17(2-8-20(21)34-15-10-28)3-9-22(31)29-11-13-30(14-12-29)23(32)18-4-6-19(7-5-18)24(25,26)27/h2-9,16H,11-15H2,1H3/b9-3+. The average molecular weight is 473 g/mol. The van der Waals surface area contributed by atoms with Crippen molar-refractivity contribution in [2.24, 2.45) is 0 Å². The van der Waals surface area contributed by atoms with Gasteiger partial charge in [0.25, 0.3) is 5.91 Å². The number of benzene rings is 2. The van der Waals surface area contributed by atoms with Crippen molar-refractivity contribution in [3.63, 3.8) is 0 Å². The zero-order chi connectivity index (χ0) is 24.7. The van der Waals surface area contributed by atoms with E-state index in [0.29, 0.717) is 30.2 Å². The summed E-state index contributed by atoms with van der Waals surface area (Å²) in [5, 5.41) is 8.63. The number of carbonyl (C=O) groups is 2. The third kappa shape index (κ3) is 6.07. The summed E-state index contributed by atoms with van der Waals surface area (Å²) in [4.78, 5) is 28.2. The maximum absolute atomic E-state index is 12.7. The fourth-order valence-electron chi connectivity index (χ4n) is 3.40. The Morgan fingerprint density at radius 2 is 1.68 bits per heavy atom. The molecular formula is C24H22F3N3O4. The molecule has 0 bridgehead atoms. The molecule has 34 heavy (non-hydrogen) atoms. The SMILES string of the molecule is COc1cc(/C=C/C(=O)N2CCN(C(=O)c3ccc(C(F)(F)F)cc3)CC2)ccc1OCC#N. The van der Waals surface area contributed by atoms with Gasteiger partial charge in [0.05, 0.1) is 12.7 Å². The third-order valence-electron chi connectivity index (χ3n) is 5.24. The molecule has 1 aliphatic heterocycles. The Bertz CT molecular complexity index is 1100. The number of nitrogens with zero attached hydrogens (tertiary/aromatic N) is 3. The Morgan fingerprint density at radius 1 is 1.03 bits per heavy atom. The van der Waals surface area contributed by atoms with Crippen molar-refractivity contribution in [3.8, 4) is 17.6 Å². The van der Waals surface area contributed by atoms with E-state index in [4.69, 9.17) is 14.7 Å². The van der Waals surface area contributed by atoms with Crippen LogP contribution in [0.2, 0.25) is 0 Å². The highest BCUT2D eigenvalue weighted by Crippen LogP contribution is 2.30. The first kappa shape index (κ1) is 24.6. The van der Waals surface area contributed by atoms with Gasteiger partial charge in [-0.25, -0.2) is 0 Å². The summed E-state index contributed by atoms with van der Waals surface area (Å²) in [6.07, 6.45) is -1.42. The highest BCUT2D eigenvalue weighted by atomic mass is 19.4. The van der Waals surface area contributed by atoms with E-state index in [1.165, 1.54) is 18.1 Å². The minimum atomic E-state index is -4.46. The zero-order valence-electron chi connectivity index (χ0n) is 18.3. The molecule has 0 unspecified atom stereocenters. The summed E-state index contributed by atoms with van der Waals surface area (Å²) in [5.74, 6) is 0.245. The van der Waals surface area contributed by atoms with Crippen LogP contribution in [0.1, 0.15) is 21.5 Å². The van der Waals surface area contributed by atoms with E-state index in [2.05, 4.69) is 0 Å². The lowest BCUT2D eigenvalue weighted by Crippen LogP contribution is -2.50. The van der Waals surface area contributed by atoms with Crippen LogP contribution in [0.4, 0.5) is 13.2 Å². The van der Waals surface area contributed by atoms with E-state index >= 15 is 0 Å². The summed E-state index contributed by atoms with van der Waals surface area (Å²) in [7, 11) is 1.47. The maximum atomic E-state index is 12.7. The normalized spacial score (nSPS) is 14.1. The van der Waals surface area contributed by atoms with Crippen LogP contribution < -0.4 is 9.47 Å². The number of piperazine rings is 1. The molecule has 178 valence electrons. The Hall–Kier alpha value is -4.00. The second-order valence-corrected chi connectivity index (χ2v) is 7.38. The lowest BCUT2D eigenvalue weighted by atomic mass is 10.1. The van der Waals surface area contributed by atoms with Crippen molar-refractivity contribution >= 4 is 17.9 Å². The van der Waals surface area contributed by atoms with Gasteiger partial charge in [-0.05, 0) is 48.0 Å². The summed E-state index contributed by atoms with van der Waals surface area (Å²) in [5.41, 5.74) is 0.0580. The fourth-order valence-corrected chi connectivity index (χ4v) is 3.40. The number of hydrogen-bond donors (Lipinski definition) is 0. The Balaban J connectivity index is 1.56. The van der Waals surface area contributed by atoms with Crippen molar-refractivity contribution in [3.05, 3.63) is 65.2 Å². The average Bonchev–Trinajstić information content (AvgIpc) is 2.85. The monoisotopic (exact) mass is 473 g/mol. The fraction of sp³-hybridized carbons (Fsp3) is 0.292. The minimum absolute atomic E-state index is 0.114. The van der Waals surface area contributed by atoms with Crippen LogP contribution >= 0.6 is 0 Å². The van der Waals surface area contributed by atoms with Gasteiger partial charge in [0, 0.05) is 37.8 Å². The van der Waals surface area contributed by atoms with Gasteiger partial charge < -0.3 is 19.3 Å². The van der Waals surface area contributed by atoms with Crippen LogP contribution in [0.25, 0.3) is 6.08 Å². The molecule has 2 aromatic rings. The quantitative estimate of drug-likeness (QED) is 0.599. The molecule has 0 atom stereocenters. The smallest absolute Gasteiger partial charge is 0.416 e. The van der Waals surface area contributed by atoms with Crippen LogP contribution in [0.3, 0.4) is 0 Å². The van der Waals surface area contributed by atoms with Crippen LogP contribution in [0.15, 0.2) is 48.5 Å². The van der Waals surface area contributed by atoms with Gasteiger partial charge in [0.1, 0.15) is 6.07 Å². The number of halogens is 3. The molecular weight excluding hydrogens is 451 g/mol. The molecule has 2 amide bonds. The van der Waals surface area contributed by atoms with Gasteiger partial charge in [-0.3, -0.25) is 9.59 Å².